The molecule has 5 nitrogen and oxygen atoms in total. The first-order valence-corrected chi connectivity index (χ1v) is 9.80. The number of aromatic nitrogens is 3. The van der Waals surface area contributed by atoms with Crippen LogP contribution < -0.4 is 4.74 Å². The second kappa shape index (κ2) is 7.70. The second-order valence-corrected chi connectivity index (χ2v) is 7.46. The Hall–Kier alpha value is -2.02. The van der Waals surface area contributed by atoms with Crippen molar-refractivity contribution < 1.29 is 4.74 Å². The fraction of sp³-hybridized carbons (Fsp3) is 0.263. The van der Waals surface area contributed by atoms with Crippen LogP contribution in [0.3, 0.4) is 0 Å². The molecule has 2 aromatic carbocycles. The van der Waals surface area contributed by atoms with Crippen LogP contribution in [0.15, 0.2) is 59.8 Å². The largest absolute Gasteiger partial charge is 0.484 e. The fourth-order valence-electron chi connectivity index (χ4n) is 2.92. The smallest absolute Gasteiger partial charge is 0.193 e. The highest BCUT2D eigenvalue weighted by Crippen LogP contribution is 2.31. The van der Waals surface area contributed by atoms with E-state index in [4.69, 9.17) is 16.3 Å². The summed E-state index contributed by atoms with van der Waals surface area (Å²) in [6.07, 6.45) is 0. The predicted molar refractivity (Wildman–Crippen MR) is 103 cm³/mol. The van der Waals surface area contributed by atoms with Crippen molar-refractivity contribution in [2.45, 2.75) is 31.4 Å². The van der Waals surface area contributed by atoms with Crippen LogP contribution in [0.1, 0.15) is 24.4 Å². The molecule has 2 heterocycles. The molecule has 0 aliphatic carbocycles. The molecule has 0 amide bonds. The third kappa shape index (κ3) is 3.58. The number of ether oxygens (including phenoxy) is 1. The number of para-hydroxylation sites is 1. The Morgan fingerprint density at radius 3 is 2.69 bits per heavy atom. The van der Waals surface area contributed by atoms with Crippen molar-refractivity contribution in [1.29, 1.82) is 0 Å². The van der Waals surface area contributed by atoms with Gasteiger partial charge in [-0.1, -0.05) is 65.8 Å². The van der Waals surface area contributed by atoms with Gasteiger partial charge in [0.2, 0.25) is 0 Å². The maximum atomic E-state index is 6.16. The highest BCUT2D eigenvalue weighted by molar-refractivity contribution is 7.99. The first-order valence-electron chi connectivity index (χ1n) is 8.43. The van der Waals surface area contributed by atoms with Crippen LogP contribution in [-0.4, -0.2) is 25.5 Å². The van der Waals surface area contributed by atoms with E-state index in [9.17, 15) is 0 Å². The van der Waals surface area contributed by atoms with Gasteiger partial charge in [-0.2, -0.15) is 0 Å². The molecule has 1 aromatic heterocycles. The number of rotatable bonds is 5. The Morgan fingerprint density at radius 1 is 1.12 bits per heavy atom. The van der Waals surface area contributed by atoms with E-state index in [0.717, 1.165) is 23.5 Å². The van der Waals surface area contributed by atoms with Gasteiger partial charge >= 0.3 is 0 Å². The third-order valence-electron chi connectivity index (χ3n) is 4.50. The summed E-state index contributed by atoms with van der Waals surface area (Å²) in [6.45, 7) is 3.31. The lowest BCUT2D eigenvalue weighted by Crippen LogP contribution is -2.33. The molecule has 0 saturated carbocycles. The van der Waals surface area contributed by atoms with Crippen LogP contribution in [0.2, 0.25) is 5.02 Å². The Labute approximate surface area is 161 Å². The minimum atomic E-state index is 0.316. The first-order chi connectivity index (χ1) is 12.7. The summed E-state index contributed by atoms with van der Waals surface area (Å²) in [6, 6.07) is 18.3. The van der Waals surface area contributed by atoms with Gasteiger partial charge in [-0.25, -0.2) is 0 Å². The Morgan fingerprint density at radius 2 is 1.88 bits per heavy atom. The normalized spacial score (nSPS) is 15.5. The average Bonchev–Trinajstić information content (AvgIpc) is 3.10. The summed E-state index contributed by atoms with van der Waals surface area (Å²) in [7, 11) is 0. The molecule has 4 rings (SSSR count). The Balaban J connectivity index is 1.48. The molecule has 0 spiro atoms. The van der Waals surface area contributed by atoms with Crippen LogP contribution in [0.25, 0.3) is 0 Å². The number of nitrogens with zero attached hydrogens (tertiary/aromatic N) is 4. The van der Waals surface area contributed by atoms with E-state index in [0.29, 0.717) is 23.4 Å². The van der Waals surface area contributed by atoms with Gasteiger partial charge < -0.3 is 4.74 Å². The number of hydrogen-bond donors (Lipinski definition) is 0. The fourth-order valence-corrected chi connectivity index (χ4v) is 4.11. The molecule has 0 N–H and O–H groups in total. The van der Waals surface area contributed by atoms with Crippen molar-refractivity contribution in [2.75, 3.05) is 5.88 Å². The Bertz CT molecular complexity index is 886. The van der Waals surface area contributed by atoms with Crippen molar-refractivity contribution >= 4 is 23.4 Å². The molecular formula is C19H19ClN4OS. The summed E-state index contributed by atoms with van der Waals surface area (Å²) in [5.41, 5.74) is 1.30. The summed E-state index contributed by atoms with van der Waals surface area (Å²) in [5, 5.41) is 10.1. The summed E-state index contributed by atoms with van der Waals surface area (Å²) < 4.78 is 7.96. The monoisotopic (exact) mass is 386 g/mol. The van der Waals surface area contributed by atoms with Gasteiger partial charge in [-0.05, 0) is 24.6 Å². The number of fused-ring (bicyclic) bond motifs is 1. The lowest BCUT2D eigenvalue weighted by molar-refractivity contribution is 0.172. The maximum absolute atomic E-state index is 6.16. The van der Waals surface area contributed by atoms with E-state index in [-0.39, 0.29) is 0 Å². The number of thioether (sulfide) groups is 1. The van der Waals surface area contributed by atoms with Gasteiger partial charge in [0.05, 0.1) is 17.6 Å². The van der Waals surface area contributed by atoms with Crippen molar-refractivity contribution in [3.05, 3.63) is 71.0 Å². The topological polar surface area (TPSA) is 43.2 Å². The molecule has 0 radical (unpaired) electrons. The van der Waals surface area contributed by atoms with Gasteiger partial charge in [0.25, 0.3) is 0 Å². The van der Waals surface area contributed by atoms with Gasteiger partial charge in [0, 0.05) is 6.04 Å². The highest BCUT2D eigenvalue weighted by Gasteiger charge is 2.25. The molecule has 134 valence electrons. The average molecular weight is 387 g/mol. The van der Waals surface area contributed by atoms with Gasteiger partial charge in [0.15, 0.2) is 11.0 Å². The van der Waals surface area contributed by atoms with Crippen LogP contribution in [0, 0.1) is 0 Å². The zero-order valence-electron chi connectivity index (χ0n) is 14.4. The minimum absolute atomic E-state index is 0.316. The Kier molecular flexibility index (Phi) is 5.15. The van der Waals surface area contributed by atoms with Gasteiger partial charge in [-0.15, -0.1) is 10.2 Å². The molecule has 26 heavy (non-hydrogen) atoms. The SMILES string of the molecule is CC(c1ccccc1)N1CSc2nnc(COc3ccccc3Cl)n2C1. The van der Waals surface area contributed by atoms with E-state index < -0.39 is 0 Å². The van der Waals surface area contributed by atoms with Crippen LogP contribution in [0.4, 0.5) is 0 Å². The molecule has 1 unspecified atom stereocenters. The molecule has 7 heteroatoms. The molecule has 1 atom stereocenters. The maximum Gasteiger partial charge on any atom is 0.193 e. The van der Waals surface area contributed by atoms with Crippen molar-refractivity contribution in [2.24, 2.45) is 0 Å². The van der Waals surface area contributed by atoms with Crippen LogP contribution >= 0.6 is 23.4 Å². The van der Waals surface area contributed by atoms with Gasteiger partial charge in [0.1, 0.15) is 12.4 Å². The first kappa shape index (κ1) is 17.4. The molecule has 1 aliphatic heterocycles. The lowest BCUT2D eigenvalue weighted by Gasteiger charge is -2.33. The summed E-state index contributed by atoms with van der Waals surface area (Å²) in [5.74, 6) is 2.35. The lowest BCUT2D eigenvalue weighted by atomic mass is 10.1. The highest BCUT2D eigenvalue weighted by atomic mass is 35.5. The van der Waals surface area contributed by atoms with E-state index in [2.05, 4.69) is 50.9 Å². The number of benzene rings is 2. The van der Waals surface area contributed by atoms with Crippen molar-refractivity contribution in [3.8, 4) is 5.75 Å². The molecule has 0 bridgehead atoms. The number of hydrogen-bond acceptors (Lipinski definition) is 5. The van der Waals surface area contributed by atoms with E-state index in [1.807, 2.05) is 30.3 Å². The molecule has 0 fully saturated rings. The van der Waals surface area contributed by atoms with Crippen molar-refractivity contribution in [1.82, 2.24) is 19.7 Å². The third-order valence-corrected chi connectivity index (χ3v) is 5.83. The molecule has 1 aliphatic rings. The quantitative estimate of drug-likeness (QED) is 0.641. The zero-order valence-corrected chi connectivity index (χ0v) is 16.0. The minimum Gasteiger partial charge on any atom is -0.484 e. The van der Waals surface area contributed by atoms with Gasteiger partial charge in [-0.3, -0.25) is 9.47 Å². The number of halogens is 1. The van der Waals surface area contributed by atoms with Crippen molar-refractivity contribution in [3.63, 3.8) is 0 Å². The molecule has 0 saturated heterocycles. The summed E-state index contributed by atoms with van der Waals surface area (Å²) in [4.78, 5) is 2.40. The second-order valence-electron chi connectivity index (χ2n) is 6.14. The van der Waals surface area contributed by atoms with Crippen LogP contribution in [-0.2, 0) is 13.3 Å². The molecule has 3 aromatic rings. The summed E-state index contributed by atoms with van der Waals surface area (Å²) >= 11 is 7.86. The van der Waals surface area contributed by atoms with Crippen LogP contribution in [0.5, 0.6) is 5.75 Å². The predicted octanol–water partition coefficient (Wildman–Crippen LogP) is 4.59. The van der Waals surface area contributed by atoms with E-state index >= 15 is 0 Å². The standard InChI is InChI=1S/C19H19ClN4OS/c1-14(15-7-3-2-4-8-15)23-12-24-18(21-22-19(24)26-13-23)11-25-17-10-6-5-9-16(17)20/h2-10,14H,11-13H2,1H3. The molecular weight excluding hydrogens is 368 g/mol. The van der Waals surface area contributed by atoms with E-state index in [1.165, 1.54) is 5.56 Å². The van der Waals surface area contributed by atoms with E-state index in [1.54, 1.807) is 11.8 Å². The zero-order chi connectivity index (χ0) is 17.9.